The van der Waals surface area contributed by atoms with Crippen molar-refractivity contribution in [3.63, 3.8) is 0 Å². The molecule has 0 aromatic heterocycles. The average molecular weight is 349 g/mol. The topological polar surface area (TPSA) is 77.1 Å². The highest BCUT2D eigenvalue weighted by Crippen LogP contribution is 2.50. The highest BCUT2D eigenvalue weighted by atomic mass is 28.4. The highest BCUT2D eigenvalue weighted by Gasteiger charge is 2.63. The first-order valence-corrected chi connectivity index (χ1v) is 9.34. The summed E-state index contributed by atoms with van der Waals surface area (Å²) in [6, 6.07) is 0. The molecular formula is C15H32N2O5Si. The fourth-order valence-corrected chi connectivity index (χ4v) is 5.82. The zero-order valence-corrected chi connectivity index (χ0v) is 16.9. The van der Waals surface area contributed by atoms with Gasteiger partial charge in [0, 0.05) is 53.8 Å². The minimum atomic E-state index is -3.03. The Morgan fingerprint density at radius 2 is 1.43 bits per heavy atom. The molecule has 0 saturated heterocycles. The summed E-state index contributed by atoms with van der Waals surface area (Å²) in [5.74, 6) is -0.209. The molecular weight excluding hydrogens is 316 g/mol. The van der Waals surface area contributed by atoms with Crippen molar-refractivity contribution in [2.24, 2.45) is 0 Å². The van der Waals surface area contributed by atoms with Crippen molar-refractivity contribution in [1.29, 1.82) is 0 Å². The number of nitrogens with one attached hydrogen (secondary N) is 1. The molecule has 0 bridgehead atoms. The molecule has 0 unspecified atom stereocenters. The molecule has 23 heavy (non-hydrogen) atoms. The third-order valence-corrected chi connectivity index (χ3v) is 8.62. The van der Waals surface area contributed by atoms with Gasteiger partial charge in [0.2, 0.25) is 11.8 Å². The molecule has 136 valence electrons. The lowest BCUT2D eigenvalue weighted by molar-refractivity contribution is -0.136. The Hall–Kier alpha value is -0.963. The summed E-state index contributed by atoms with van der Waals surface area (Å²) in [4.78, 5) is 25.0. The van der Waals surface area contributed by atoms with Crippen molar-refractivity contribution in [2.45, 2.75) is 52.1 Å². The van der Waals surface area contributed by atoms with E-state index in [1.54, 1.807) is 26.2 Å². The normalized spacial score (nSPS) is 12.9. The van der Waals surface area contributed by atoms with E-state index in [4.69, 9.17) is 13.3 Å². The predicted octanol–water partition coefficient (Wildman–Crippen LogP) is 1.41. The zero-order chi connectivity index (χ0) is 18.5. The molecule has 0 aliphatic rings. The molecule has 0 atom stereocenters. The third-order valence-electron chi connectivity index (χ3n) is 4.87. The maximum absolute atomic E-state index is 12.2. The van der Waals surface area contributed by atoms with Crippen LogP contribution in [0.1, 0.15) is 41.5 Å². The Bertz CT molecular complexity index is 414. The molecule has 0 fully saturated rings. The molecule has 0 aromatic carbocycles. The van der Waals surface area contributed by atoms with Crippen LogP contribution in [0.25, 0.3) is 0 Å². The fraction of sp³-hybridized carbons (Fsp3) is 0.867. The number of amides is 2. The summed E-state index contributed by atoms with van der Waals surface area (Å²) in [5, 5.41) is 2.14. The quantitative estimate of drug-likeness (QED) is 0.638. The van der Waals surface area contributed by atoms with Crippen LogP contribution in [0.2, 0.25) is 5.04 Å². The molecule has 0 spiro atoms. The molecule has 0 rings (SSSR count). The molecule has 1 N–H and O–H groups in total. The first kappa shape index (κ1) is 22.0. The summed E-state index contributed by atoms with van der Waals surface area (Å²) >= 11 is 0. The molecule has 7 nitrogen and oxygen atoms in total. The van der Waals surface area contributed by atoms with Gasteiger partial charge in [0.15, 0.2) is 0 Å². The number of nitrogens with zero attached hydrogens (tertiary/aromatic N) is 1. The van der Waals surface area contributed by atoms with Gasteiger partial charge in [-0.05, 0) is 13.8 Å². The summed E-state index contributed by atoms with van der Waals surface area (Å²) in [6.45, 7) is 11.6. The second-order valence-corrected chi connectivity index (χ2v) is 10.1. The van der Waals surface area contributed by atoms with Crippen LogP contribution in [0, 0.1) is 0 Å². The Labute approximate surface area is 141 Å². The molecule has 0 radical (unpaired) electrons. The fourth-order valence-electron chi connectivity index (χ4n) is 2.90. The van der Waals surface area contributed by atoms with Gasteiger partial charge in [0.25, 0.3) is 0 Å². The van der Waals surface area contributed by atoms with E-state index in [0.29, 0.717) is 13.1 Å². The van der Waals surface area contributed by atoms with Gasteiger partial charge in [0.1, 0.15) is 0 Å². The van der Waals surface area contributed by atoms with E-state index in [0.717, 1.165) is 0 Å². The SMILES string of the molecule is CO[Si](OC)(OC)C(C)(C)C(C)(C)N(CCNC(C)=O)C(C)=O. The molecule has 0 aliphatic heterocycles. The number of carbonyl (C=O) groups excluding carboxylic acids is 2. The molecule has 2 amide bonds. The second kappa shape index (κ2) is 8.23. The van der Waals surface area contributed by atoms with Crippen molar-refractivity contribution in [1.82, 2.24) is 10.2 Å². The van der Waals surface area contributed by atoms with Gasteiger partial charge >= 0.3 is 8.80 Å². The van der Waals surface area contributed by atoms with Crippen LogP contribution in [-0.4, -0.2) is 65.5 Å². The first-order valence-electron chi connectivity index (χ1n) is 7.61. The van der Waals surface area contributed by atoms with E-state index in [2.05, 4.69) is 5.32 Å². The Kier molecular flexibility index (Phi) is 7.88. The Morgan fingerprint density at radius 1 is 1.00 bits per heavy atom. The lowest BCUT2D eigenvalue weighted by atomic mass is 9.87. The van der Waals surface area contributed by atoms with E-state index < -0.39 is 19.4 Å². The van der Waals surface area contributed by atoms with Gasteiger partial charge in [-0.3, -0.25) is 9.59 Å². The molecule has 0 aromatic rings. The minimum absolute atomic E-state index is 0.0837. The molecule has 0 saturated carbocycles. The average Bonchev–Trinajstić information content (AvgIpc) is 2.44. The van der Waals surface area contributed by atoms with Crippen LogP contribution < -0.4 is 5.32 Å². The summed E-state index contributed by atoms with van der Waals surface area (Å²) < 4.78 is 16.9. The van der Waals surface area contributed by atoms with Gasteiger partial charge < -0.3 is 23.5 Å². The van der Waals surface area contributed by atoms with Crippen LogP contribution in [0.5, 0.6) is 0 Å². The van der Waals surface area contributed by atoms with Gasteiger partial charge in [-0.1, -0.05) is 13.8 Å². The van der Waals surface area contributed by atoms with Gasteiger partial charge in [-0.2, -0.15) is 0 Å². The number of hydrogen-bond acceptors (Lipinski definition) is 5. The van der Waals surface area contributed by atoms with E-state index >= 15 is 0 Å². The van der Waals surface area contributed by atoms with E-state index in [1.165, 1.54) is 13.8 Å². The van der Waals surface area contributed by atoms with Crippen molar-refractivity contribution >= 4 is 20.6 Å². The van der Waals surface area contributed by atoms with Crippen LogP contribution >= 0.6 is 0 Å². The van der Waals surface area contributed by atoms with Crippen LogP contribution in [0.3, 0.4) is 0 Å². The molecule has 0 aliphatic carbocycles. The van der Waals surface area contributed by atoms with Gasteiger partial charge in [-0.25, -0.2) is 0 Å². The summed E-state index contributed by atoms with van der Waals surface area (Å²) in [6.07, 6.45) is 0. The van der Waals surface area contributed by atoms with E-state index in [9.17, 15) is 9.59 Å². The minimum Gasteiger partial charge on any atom is -0.376 e. The lowest BCUT2D eigenvalue weighted by Crippen LogP contribution is -2.66. The highest BCUT2D eigenvalue weighted by molar-refractivity contribution is 6.64. The smallest absolute Gasteiger partial charge is 0.376 e. The van der Waals surface area contributed by atoms with Crippen molar-refractivity contribution in [2.75, 3.05) is 34.4 Å². The summed E-state index contributed by atoms with van der Waals surface area (Å²) in [5.41, 5.74) is -0.619. The zero-order valence-electron chi connectivity index (χ0n) is 15.9. The number of carbonyl (C=O) groups is 2. The first-order chi connectivity index (χ1) is 10.4. The maximum atomic E-state index is 12.2. The second-order valence-electron chi connectivity index (χ2n) is 6.51. The van der Waals surface area contributed by atoms with Crippen molar-refractivity contribution in [3.05, 3.63) is 0 Å². The molecule has 0 heterocycles. The van der Waals surface area contributed by atoms with Crippen LogP contribution in [0.15, 0.2) is 0 Å². The maximum Gasteiger partial charge on any atom is 0.508 e. The number of hydrogen-bond donors (Lipinski definition) is 1. The van der Waals surface area contributed by atoms with E-state index in [1.807, 2.05) is 27.7 Å². The Balaban J connectivity index is 5.65. The largest absolute Gasteiger partial charge is 0.508 e. The van der Waals surface area contributed by atoms with Crippen molar-refractivity contribution < 1.29 is 22.9 Å². The van der Waals surface area contributed by atoms with Gasteiger partial charge in [-0.15, -0.1) is 0 Å². The van der Waals surface area contributed by atoms with Crippen molar-refractivity contribution in [3.8, 4) is 0 Å². The standard InChI is InChI=1S/C15H32N2O5Si/c1-12(18)16-10-11-17(13(2)19)14(3,4)15(5,6)23(20-7,21-8)22-9/h10-11H2,1-9H3,(H,16,18). The lowest BCUT2D eigenvalue weighted by Gasteiger charge is -2.53. The monoisotopic (exact) mass is 348 g/mol. The predicted molar refractivity (Wildman–Crippen MR) is 91.0 cm³/mol. The van der Waals surface area contributed by atoms with Crippen LogP contribution in [-0.2, 0) is 22.9 Å². The third kappa shape index (κ3) is 4.31. The Morgan fingerprint density at radius 3 is 1.74 bits per heavy atom. The number of rotatable bonds is 9. The van der Waals surface area contributed by atoms with Crippen LogP contribution in [0.4, 0.5) is 0 Å². The van der Waals surface area contributed by atoms with Gasteiger partial charge in [0.05, 0.1) is 5.04 Å². The van der Waals surface area contributed by atoms with E-state index in [-0.39, 0.29) is 11.8 Å². The summed E-state index contributed by atoms with van der Waals surface area (Å²) in [7, 11) is 1.65. The molecule has 8 heteroatoms.